The summed E-state index contributed by atoms with van der Waals surface area (Å²) >= 11 is 0. The molecule has 1 fully saturated rings. The quantitative estimate of drug-likeness (QED) is 0.601. The highest BCUT2D eigenvalue weighted by Gasteiger charge is 2.32. The number of hydrogen-bond acceptors (Lipinski definition) is 4. The van der Waals surface area contributed by atoms with E-state index in [2.05, 4.69) is 5.32 Å². The summed E-state index contributed by atoms with van der Waals surface area (Å²) in [4.78, 5) is 22.7. The van der Waals surface area contributed by atoms with Crippen LogP contribution in [0.5, 0.6) is 0 Å². The molecule has 0 radical (unpaired) electrons. The summed E-state index contributed by atoms with van der Waals surface area (Å²) in [5.74, 6) is -0.329. The normalized spacial score (nSPS) is 27.3. The van der Waals surface area contributed by atoms with Crippen LogP contribution < -0.4 is 5.32 Å². The van der Waals surface area contributed by atoms with E-state index in [1.54, 1.807) is 0 Å². The van der Waals surface area contributed by atoms with Gasteiger partial charge in [0.1, 0.15) is 11.9 Å². The van der Waals surface area contributed by atoms with Crippen LogP contribution in [-0.4, -0.2) is 30.4 Å². The Bertz CT molecular complexity index is 283. The number of rotatable bonds is 3. The summed E-state index contributed by atoms with van der Waals surface area (Å²) in [6.07, 6.45) is 2.58. The van der Waals surface area contributed by atoms with E-state index in [-0.39, 0.29) is 23.8 Å². The Morgan fingerprint density at radius 1 is 1.47 bits per heavy atom. The van der Waals surface area contributed by atoms with E-state index in [4.69, 9.17) is 4.74 Å². The molecule has 0 aromatic carbocycles. The fraction of sp³-hybridized carbons (Fsp3) is 0.846. The highest BCUT2D eigenvalue weighted by atomic mass is 16.6. The molecule has 0 aromatic rings. The van der Waals surface area contributed by atoms with Crippen molar-refractivity contribution in [2.24, 2.45) is 11.8 Å². The van der Waals surface area contributed by atoms with Crippen molar-refractivity contribution >= 4 is 12.3 Å². The minimum absolute atomic E-state index is 0.0498. The average Bonchev–Trinajstić information content (AvgIpc) is 2.26. The Morgan fingerprint density at radius 2 is 2.12 bits per heavy atom. The molecule has 17 heavy (non-hydrogen) atoms. The van der Waals surface area contributed by atoms with Gasteiger partial charge in [0.15, 0.2) is 0 Å². The van der Waals surface area contributed by atoms with Gasteiger partial charge in [0.25, 0.3) is 0 Å². The first-order valence-corrected chi connectivity index (χ1v) is 6.25. The molecule has 1 N–H and O–H groups in total. The lowest BCUT2D eigenvalue weighted by Crippen LogP contribution is -2.46. The molecule has 3 atom stereocenters. The molecule has 0 saturated carbocycles. The van der Waals surface area contributed by atoms with Crippen molar-refractivity contribution in [3.05, 3.63) is 0 Å². The summed E-state index contributed by atoms with van der Waals surface area (Å²) in [5, 5.41) is 3.29. The average molecular weight is 241 g/mol. The Balaban J connectivity index is 2.54. The van der Waals surface area contributed by atoms with Crippen LogP contribution in [0.2, 0.25) is 0 Å². The SMILES string of the molecule is CC(C(=O)OC(C)(C)C)C1CC(C=O)CCN1. The Labute approximate surface area is 103 Å². The van der Waals surface area contributed by atoms with Crippen LogP contribution in [0.15, 0.2) is 0 Å². The number of carbonyl (C=O) groups excluding carboxylic acids is 2. The van der Waals surface area contributed by atoms with E-state index < -0.39 is 5.60 Å². The van der Waals surface area contributed by atoms with E-state index in [0.717, 1.165) is 25.7 Å². The van der Waals surface area contributed by atoms with Gasteiger partial charge in [0, 0.05) is 12.0 Å². The lowest BCUT2D eigenvalue weighted by atomic mass is 9.87. The van der Waals surface area contributed by atoms with Gasteiger partial charge in [-0.15, -0.1) is 0 Å². The molecule has 0 spiro atoms. The Hall–Kier alpha value is -0.900. The van der Waals surface area contributed by atoms with Crippen LogP contribution in [0, 0.1) is 11.8 Å². The number of carbonyl (C=O) groups is 2. The monoisotopic (exact) mass is 241 g/mol. The highest BCUT2D eigenvalue weighted by Crippen LogP contribution is 2.22. The molecular weight excluding hydrogens is 218 g/mol. The van der Waals surface area contributed by atoms with Gasteiger partial charge in [0.05, 0.1) is 5.92 Å². The molecule has 0 bridgehead atoms. The molecule has 3 unspecified atom stereocenters. The van der Waals surface area contributed by atoms with Crippen LogP contribution in [0.4, 0.5) is 0 Å². The molecule has 1 aliphatic rings. The third kappa shape index (κ3) is 4.46. The van der Waals surface area contributed by atoms with Gasteiger partial charge < -0.3 is 14.8 Å². The molecule has 98 valence electrons. The number of aldehydes is 1. The van der Waals surface area contributed by atoms with E-state index in [0.29, 0.717) is 0 Å². The van der Waals surface area contributed by atoms with Gasteiger partial charge in [-0.1, -0.05) is 6.92 Å². The van der Waals surface area contributed by atoms with E-state index in [1.165, 1.54) is 0 Å². The van der Waals surface area contributed by atoms with Crippen molar-refractivity contribution in [2.75, 3.05) is 6.54 Å². The molecule has 1 heterocycles. The third-order valence-corrected chi connectivity index (χ3v) is 3.05. The maximum absolute atomic E-state index is 11.9. The van der Waals surface area contributed by atoms with Gasteiger partial charge >= 0.3 is 5.97 Å². The van der Waals surface area contributed by atoms with E-state index in [9.17, 15) is 9.59 Å². The van der Waals surface area contributed by atoms with Crippen molar-refractivity contribution in [3.63, 3.8) is 0 Å². The van der Waals surface area contributed by atoms with Crippen molar-refractivity contribution in [1.82, 2.24) is 5.32 Å². The fourth-order valence-corrected chi connectivity index (χ4v) is 2.04. The minimum Gasteiger partial charge on any atom is -0.460 e. The Kier molecular flexibility index (Phi) is 4.69. The molecule has 4 nitrogen and oxygen atoms in total. The van der Waals surface area contributed by atoms with Crippen molar-refractivity contribution in [3.8, 4) is 0 Å². The Morgan fingerprint density at radius 3 is 2.65 bits per heavy atom. The zero-order valence-corrected chi connectivity index (χ0v) is 11.2. The zero-order chi connectivity index (χ0) is 13.1. The molecular formula is C13H23NO3. The molecule has 4 heteroatoms. The standard InChI is InChI=1S/C13H23NO3/c1-9(12(16)17-13(2,3)4)11-7-10(8-15)5-6-14-11/h8-11,14H,5-7H2,1-4H3. The molecule has 0 aliphatic carbocycles. The lowest BCUT2D eigenvalue weighted by Gasteiger charge is -2.32. The first-order valence-electron chi connectivity index (χ1n) is 6.25. The van der Waals surface area contributed by atoms with Crippen molar-refractivity contribution < 1.29 is 14.3 Å². The summed E-state index contributed by atoms with van der Waals surface area (Å²) in [7, 11) is 0. The summed E-state index contributed by atoms with van der Waals surface area (Å²) in [6, 6.07) is 0.0498. The van der Waals surface area contributed by atoms with Gasteiger partial charge in [-0.25, -0.2) is 0 Å². The van der Waals surface area contributed by atoms with Crippen LogP contribution in [0.1, 0.15) is 40.5 Å². The minimum atomic E-state index is -0.454. The number of piperidine rings is 1. The van der Waals surface area contributed by atoms with Crippen LogP contribution in [-0.2, 0) is 14.3 Å². The van der Waals surface area contributed by atoms with Gasteiger partial charge in [-0.3, -0.25) is 4.79 Å². The predicted molar refractivity (Wildman–Crippen MR) is 65.6 cm³/mol. The van der Waals surface area contributed by atoms with Crippen LogP contribution in [0.25, 0.3) is 0 Å². The van der Waals surface area contributed by atoms with Crippen LogP contribution in [0.3, 0.4) is 0 Å². The van der Waals surface area contributed by atoms with E-state index >= 15 is 0 Å². The first kappa shape index (κ1) is 14.2. The maximum atomic E-state index is 11.9. The molecule has 1 rings (SSSR count). The lowest BCUT2D eigenvalue weighted by molar-refractivity contribution is -0.160. The second kappa shape index (κ2) is 5.63. The smallest absolute Gasteiger partial charge is 0.310 e. The van der Waals surface area contributed by atoms with E-state index in [1.807, 2.05) is 27.7 Å². The maximum Gasteiger partial charge on any atom is 0.310 e. The number of nitrogens with one attached hydrogen (secondary N) is 1. The number of esters is 1. The first-order chi connectivity index (χ1) is 7.83. The second-order valence-electron chi connectivity index (χ2n) is 5.80. The fourth-order valence-electron chi connectivity index (χ4n) is 2.04. The van der Waals surface area contributed by atoms with Crippen molar-refractivity contribution in [2.45, 2.75) is 52.2 Å². The van der Waals surface area contributed by atoms with Crippen molar-refractivity contribution in [1.29, 1.82) is 0 Å². The summed E-state index contributed by atoms with van der Waals surface area (Å²) in [5.41, 5.74) is -0.454. The summed E-state index contributed by atoms with van der Waals surface area (Å²) < 4.78 is 5.35. The second-order valence-corrected chi connectivity index (χ2v) is 5.80. The molecule has 0 amide bonds. The largest absolute Gasteiger partial charge is 0.460 e. The highest BCUT2D eigenvalue weighted by molar-refractivity contribution is 5.73. The van der Waals surface area contributed by atoms with Gasteiger partial charge in [-0.2, -0.15) is 0 Å². The topological polar surface area (TPSA) is 55.4 Å². The molecule has 1 aliphatic heterocycles. The van der Waals surface area contributed by atoms with Crippen LogP contribution >= 0.6 is 0 Å². The van der Waals surface area contributed by atoms with Gasteiger partial charge in [0.2, 0.25) is 0 Å². The molecule has 1 saturated heterocycles. The van der Waals surface area contributed by atoms with Gasteiger partial charge in [-0.05, 0) is 40.2 Å². The predicted octanol–water partition coefficient (Wildman–Crippen LogP) is 1.53. The number of ether oxygens (including phenoxy) is 1. The molecule has 0 aromatic heterocycles. The number of hydrogen-bond donors (Lipinski definition) is 1. The summed E-state index contributed by atoms with van der Waals surface area (Å²) in [6.45, 7) is 8.24. The third-order valence-electron chi connectivity index (χ3n) is 3.05. The zero-order valence-electron chi connectivity index (χ0n) is 11.2.